The Hall–Kier alpha value is -2.86. The molecule has 1 N–H and O–H groups in total. The molecule has 1 unspecified atom stereocenters. The van der Waals surface area contributed by atoms with E-state index in [-0.39, 0.29) is 0 Å². The molecule has 1 aliphatic carbocycles. The lowest BCUT2D eigenvalue weighted by Gasteiger charge is -2.17. The third kappa shape index (κ3) is 3.95. The molecular weight excluding hydrogens is 338 g/mol. The fourth-order valence-corrected chi connectivity index (χ4v) is 3.23. The van der Waals surface area contributed by atoms with Gasteiger partial charge in [0.05, 0.1) is 18.1 Å². The average Bonchev–Trinajstić information content (AvgIpc) is 3.20. The Labute approximate surface area is 158 Å². The molecule has 4 rings (SSSR count). The van der Waals surface area contributed by atoms with Gasteiger partial charge in [0, 0.05) is 12.1 Å². The molecule has 138 valence electrons. The van der Waals surface area contributed by atoms with Crippen LogP contribution in [0.15, 0.2) is 47.2 Å². The molecule has 0 radical (unpaired) electrons. The Balaban J connectivity index is 1.57. The number of allylic oxidation sites excluding steroid dienone is 2. The first-order valence-corrected chi connectivity index (χ1v) is 9.32. The van der Waals surface area contributed by atoms with Gasteiger partial charge in [-0.05, 0) is 55.5 Å². The van der Waals surface area contributed by atoms with Crippen molar-refractivity contribution in [1.82, 2.24) is 25.5 Å². The van der Waals surface area contributed by atoms with E-state index < -0.39 is 0 Å². The zero-order valence-electron chi connectivity index (χ0n) is 15.6. The van der Waals surface area contributed by atoms with Gasteiger partial charge in [-0.1, -0.05) is 25.1 Å². The molecule has 0 saturated heterocycles. The molecule has 1 atom stereocenters. The minimum absolute atomic E-state index is 0.392. The van der Waals surface area contributed by atoms with Gasteiger partial charge >= 0.3 is 0 Å². The quantitative estimate of drug-likeness (QED) is 0.737. The second-order valence-electron chi connectivity index (χ2n) is 7.04. The van der Waals surface area contributed by atoms with E-state index in [9.17, 15) is 0 Å². The Bertz CT molecular complexity index is 945. The lowest BCUT2D eigenvalue weighted by atomic mass is 9.90. The monoisotopic (exact) mass is 361 g/mol. The number of hydrogen-bond acceptors (Lipinski definition) is 6. The van der Waals surface area contributed by atoms with E-state index in [4.69, 9.17) is 9.40 Å². The van der Waals surface area contributed by atoms with Gasteiger partial charge in [-0.25, -0.2) is 4.98 Å². The second kappa shape index (κ2) is 7.80. The van der Waals surface area contributed by atoms with Crippen LogP contribution in [0.1, 0.15) is 37.4 Å². The maximum Gasteiger partial charge on any atom is 0.268 e. The van der Waals surface area contributed by atoms with Crippen molar-refractivity contribution in [1.29, 1.82) is 0 Å². The van der Waals surface area contributed by atoms with Crippen LogP contribution in [0.25, 0.3) is 28.6 Å². The average molecular weight is 361 g/mol. The predicted molar refractivity (Wildman–Crippen MR) is 105 cm³/mol. The van der Waals surface area contributed by atoms with E-state index in [1.165, 1.54) is 17.6 Å². The number of nitrogens with one attached hydrogen (secondary N) is 1. The fourth-order valence-electron chi connectivity index (χ4n) is 3.23. The molecule has 6 heteroatoms. The summed E-state index contributed by atoms with van der Waals surface area (Å²) in [5, 5.41) is 11.5. The van der Waals surface area contributed by atoms with E-state index in [1.807, 2.05) is 37.5 Å². The molecule has 1 aliphatic rings. The van der Waals surface area contributed by atoms with Crippen molar-refractivity contribution in [2.75, 3.05) is 7.05 Å². The summed E-state index contributed by atoms with van der Waals surface area (Å²) in [5.41, 5.74) is 4.85. The first-order valence-electron chi connectivity index (χ1n) is 9.32. The van der Waals surface area contributed by atoms with E-state index in [2.05, 4.69) is 33.5 Å². The van der Waals surface area contributed by atoms with Crippen LogP contribution in [0, 0.1) is 5.92 Å². The smallest absolute Gasteiger partial charge is 0.268 e. The Kier molecular flexibility index (Phi) is 5.07. The van der Waals surface area contributed by atoms with Crippen molar-refractivity contribution < 1.29 is 4.42 Å². The maximum absolute atomic E-state index is 5.86. The number of nitrogens with zero attached hydrogens (tertiary/aromatic N) is 4. The van der Waals surface area contributed by atoms with Crippen LogP contribution < -0.4 is 5.32 Å². The molecule has 0 amide bonds. The van der Waals surface area contributed by atoms with E-state index in [0.717, 1.165) is 36.6 Å². The van der Waals surface area contributed by atoms with Gasteiger partial charge in [0.25, 0.3) is 5.89 Å². The van der Waals surface area contributed by atoms with Crippen molar-refractivity contribution in [3.05, 3.63) is 54.0 Å². The fraction of sp³-hybridized carbons (Fsp3) is 0.333. The minimum atomic E-state index is 0.392. The predicted octanol–water partition coefficient (Wildman–Crippen LogP) is 4.12. The van der Waals surface area contributed by atoms with Crippen molar-refractivity contribution >= 4 is 5.57 Å². The summed E-state index contributed by atoms with van der Waals surface area (Å²) in [7, 11) is 1.93. The van der Waals surface area contributed by atoms with Crippen molar-refractivity contribution in [3.8, 4) is 23.0 Å². The molecule has 27 heavy (non-hydrogen) atoms. The van der Waals surface area contributed by atoms with Gasteiger partial charge in [-0.3, -0.25) is 4.98 Å². The van der Waals surface area contributed by atoms with E-state index in [0.29, 0.717) is 17.5 Å². The highest BCUT2D eigenvalue weighted by atomic mass is 16.4. The molecule has 0 fully saturated rings. The third-order valence-corrected chi connectivity index (χ3v) is 4.86. The van der Waals surface area contributed by atoms with Crippen LogP contribution in [0.5, 0.6) is 0 Å². The molecule has 6 nitrogen and oxygen atoms in total. The molecule has 0 bridgehead atoms. The van der Waals surface area contributed by atoms with Gasteiger partial charge in [0.2, 0.25) is 5.89 Å². The van der Waals surface area contributed by atoms with E-state index >= 15 is 0 Å². The summed E-state index contributed by atoms with van der Waals surface area (Å²) in [6, 6.07) is 8.07. The first kappa shape index (κ1) is 17.5. The molecule has 0 spiro atoms. The summed E-state index contributed by atoms with van der Waals surface area (Å²) in [4.78, 5) is 9.03. The van der Waals surface area contributed by atoms with Crippen LogP contribution in [-0.2, 0) is 6.54 Å². The van der Waals surface area contributed by atoms with Crippen molar-refractivity contribution in [2.45, 2.75) is 32.7 Å². The zero-order chi connectivity index (χ0) is 18.6. The molecule has 0 aliphatic heterocycles. The number of benzene rings is 1. The van der Waals surface area contributed by atoms with Crippen LogP contribution in [0.2, 0.25) is 0 Å². The van der Waals surface area contributed by atoms with Crippen LogP contribution in [0.4, 0.5) is 0 Å². The largest absolute Gasteiger partial charge is 0.415 e. The number of rotatable bonds is 5. The lowest BCUT2D eigenvalue weighted by Crippen LogP contribution is -2.04. The summed E-state index contributed by atoms with van der Waals surface area (Å²) >= 11 is 0. The standard InChI is InChI=1S/C21H23N5O/c1-14-3-7-16(8-4-14)18-12-23-13-19(24-18)21-26-25-20(27-21)17-9-5-15(6-10-17)11-22-2/h5-7,9-10,12-14,22H,3-4,8,11H2,1-2H3. The molecule has 2 heterocycles. The SMILES string of the molecule is CNCc1ccc(-c2nnc(-c3cncc(C4=CCC(C)CC4)n3)o2)cc1. The van der Waals surface area contributed by atoms with Crippen LogP contribution in [0.3, 0.4) is 0 Å². The Morgan fingerprint density at radius 3 is 2.59 bits per heavy atom. The summed E-state index contributed by atoms with van der Waals surface area (Å²) in [6.07, 6.45) is 9.06. The molecular formula is C21H23N5O. The second-order valence-corrected chi connectivity index (χ2v) is 7.04. The minimum Gasteiger partial charge on any atom is -0.415 e. The van der Waals surface area contributed by atoms with Gasteiger partial charge < -0.3 is 9.73 Å². The van der Waals surface area contributed by atoms with Crippen LogP contribution in [-0.4, -0.2) is 27.2 Å². The summed E-state index contributed by atoms with van der Waals surface area (Å²) < 4.78 is 5.86. The molecule has 1 aromatic carbocycles. The first-order chi connectivity index (χ1) is 13.2. The number of aromatic nitrogens is 4. The highest BCUT2D eigenvalue weighted by molar-refractivity contribution is 5.64. The summed E-state index contributed by atoms with van der Waals surface area (Å²) in [6.45, 7) is 3.10. The van der Waals surface area contributed by atoms with Crippen molar-refractivity contribution in [2.24, 2.45) is 5.92 Å². The molecule has 2 aromatic heterocycles. The van der Waals surface area contributed by atoms with Gasteiger partial charge in [-0.15, -0.1) is 10.2 Å². The normalized spacial score (nSPS) is 17.0. The number of hydrogen-bond donors (Lipinski definition) is 1. The Morgan fingerprint density at radius 2 is 1.85 bits per heavy atom. The van der Waals surface area contributed by atoms with Gasteiger partial charge in [0.15, 0.2) is 0 Å². The van der Waals surface area contributed by atoms with Gasteiger partial charge in [-0.2, -0.15) is 0 Å². The molecule has 3 aromatic rings. The highest BCUT2D eigenvalue weighted by Gasteiger charge is 2.16. The Morgan fingerprint density at radius 1 is 1.07 bits per heavy atom. The zero-order valence-corrected chi connectivity index (χ0v) is 15.6. The third-order valence-electron chi connectivity index (χ3n) is 4.86. The van der Waals surface area contributed by atoms with E-state index in [1.54, 1.807) is 6.20 Å². The van der Waals surface area contributed by atoms with Crippen LogP contribution >= 0.6 is 0 Å². The molecule has 0 saturated carbocycles. The summed E-state index contributed by atoms with van der Waals surface area (Å²) in [5.74, 6) is 1.62. The lowest BCUT2D eigenvalue weighted by molar-refractivity contribution is 0.533. The highest BCUT2D eigenvalue weighted by Crippen LogP contribution is 2.30. The van der Waals surface area contributed by atoms with Gasteiger partial charge in [0.1, 0.15) is 5.69 Å². The maximum atomic E-state index is 5.86. The topological polar surface area (TPSA) is 76.7 Å². The van der Waals surface area contributed by atoms with Crippen molar-refractivity contribution in [3.63, 3.8) is 0 Å².